The normalized spacial score (nSPS) is 19.7. The van der Waals surface area contributed by atoms with Crippen LogP contribution >= 0.6 is 34.5 Å². The van der Waals surface area contributed by atoms with Gasteiger partial charge < -0.3 is 18.9 Å². The summed E-state index contributed by atoms with van der Waals surface area (Å²) < 4.78 is 23.9. The van der Waals surface area contributed by atoms with E-state index < -0.39 is 5.38 Å². The smallest absolute Gasteiger partial charge is 0.262 e. The van der Waals surface area contributed by atoms with Gasteiger partial charge in [0.25, 0.3) is 5.56 Å². The third-order valence-corrected chi connectivity index (χ3v) is 8.42. The summed E-state index contributed by atoms with van der Waals surface area (Å²) in [7, 11) is 4.47. The average molecular weight is 539 g/mol. The van der Waals surface area contributed by atoms with E-state index in [2.05, 4.69) is 0 Å². The minimum absolute atomic E-state index is 0.130. The van der Waals surface area contributed by atoms with Gasteiger partial charge in [0, 0.05) is 12.2 Å². The van der Waals surface area contributed by atoms with Crippen LogP contribution in [0.25, 0.3) is 21.6 Å². The van der Waals surface area contributed by atoms with Crippen LogP contribution in [0.5, 0.6) is 17.2 Å². The predicted octanol–water partition coefficient (Wildman–Crippen LogP) is 4.72. The number of fused-ring (bicyclic) bond motifs is 3. The molecule has 1 aliphatic carbocycles. The number of methoxy groups -OCH3 is 3. The van der Waals surface area contributed by atoms with Crippen molar-refractivity contribution in [3.63, 3.8) is 0 Å². The van der Waals surface area contributed by atoms with Gasteiger partial charge in [0.2, 0.25) is 5.75 Å². The number of benzene rings is 1. The standard InChI is InChI=1S/C24H24Cl2N2O6S/c1-31-15-9-13(17(26)20(33-3)19(15)32-2)22-27-23-16(12-6-7-14(25)18(29)21(12)35-23)24(30)28(22)10-11-5-4-8-34-11/h9,11,14H,4-8,10H2,1-3H3. The molecular formula is C24H24Cl2N2O6S. The van der Waals surface area contributed by atoms with Gasteiger partial charge in [0.05, 0.1) is 54.6 Å². The van der Waals surface area contributed by atoms with Gasteiger partial charge in [0.15, 0.2) is 17.3 Å². The molecule has 11 heteroatoms. The molecule has 35 heavy (non-hydrogen) atoms. The van der Waals surface area contributed by atoms with E-state index >= 15 is 0 Å². The Morgan fingerprint density at radius 1 is 1.17 bits per heavy atom. The Hall–Kier alpha value is -2.33. The second-order valence-electron chi connectivity index (χ2n) is 8.45. The molecule has 1 saturated heterocycles. The first-order chi connectivity index (χ1) is 16.9. The maximum atomic E-state index is 14.0. The van der Waals surface area contributed by atoms with E-state index in [4.69, 9.17) is 47.1 Å². The molecule has 3 aromatic rings. The highest BCUT2D eigenvalue weighted by atomic mass is 35.5. The molecule has 8 nitrogen and oxygen atoms in total. The molecule has 2 aromatic heterocycles. The Kier molecular flexibility index (Phi) is 6.69. The molecule has 5 rings (SSSR count). The van der Waals surface area contributed by atoms with Gasteiger partial charge in [-0.25, -0.2) is 4.98 Å². The number of carbonyl (C=O) groups is 1. The number of rotatable bonds is 6. The summed E-state index contributed by atoms with van der Waals surface area (Å²) in [5, 5.41) is 0.108. The van der Waals surface area contributed by atoms with E-state index in [-0.39, 0.29) is 28.2 Å². The van der Waals surface area contributed by atoms with Gasteiger partial charge in [-0.1, -0.05) is 11.6 Å². The number of halogens is 2. The van der Waals surface area contributed by atoms with Crippen LogP contribution in [0.2, 0.25) is 5.02 Å². The summed E-state index contributed by atoms with van der Waals surface area (Å²) in [6.45, 7) is 0.954. The van der Waals surface area contributed by atoms with Gasteiger partial charge in [-0.3, -0.25) is 14.2 Å². The number of nitrogens with zero attached hydrogens (tertiary/aromatic N) is 2. The number of carbonyl (C=O) groups excluding carboxylic acids is 1. The first kappa shape index (κ1) is 24.4. The van der Waals surface area contributed by atoms with Crippen molar-refractivity contribution in [2.24, 2.45) is 0 Å². The molecule has 0 N–H and O–H groups in total. The maximum Gasteiger partial charge on any atom is 0.262 e. The average Bonchev–Trinajstić information content (AvgIpc) is 3.51. The molecule has 0 spiro atoms. The lowest BCUT2D eigenvalue weighted by atomic mass is 9.95. The fourth-order valence-corrected chi connectivity index (χ4v) is 6.56. The highest BCUT2D eigenvalue weighted by Gasteiger charge is 2.33. The third kappa shape index (κ3) is 3.98. The van der Waals surface area contributed by atoms with E-state index in [1.54, 1.807) is 10.6 Å². The topological polar surface area (TPSA) is 88.9 Å². The number of ketones is 1. The zero-order chi connectivity index (χ0) is 24.9. The number of aryl methyl sites for hydroxylation is 1. The van der Waals surface area contributed by atoms with Crippen LogP contribution in [0.3, 0.4) is 0 Å². The van der Waals surface area contributed by atoms with Crippen LogP contribution in [-0.4, -0.2) is 54.8 Å². The Morgan fingerprint density at radius 3 is 2.60 bits per heavy atom. The highest BCUT2D eigenvalue weighted by Crippen LogP contribution is 2.48. The molecule has 0 radical (unpaired) electrons. The van der Waals surface area contributed by atoms with E-state index in [0.29, 0.717) is 64.0 Å². The van der Waals surface area contributed by atoms with Crippen molar-refractivity contribution < 1.29 is 23.7 Å². The lowest BCUT2D eigenvalue weighted by molar-refractivity contribution is 0.0963. The first-order valence-corrected chi connectivity index (χ1v) is 12.9. The number of hydrogen-bond donors (Lipinski definition) is 0. The lowest BCUT2D eigenvalue weighted by Crippen LogP contribution is -2.29. The summed E-state index contributed by atoms with van der Waals surface area (Å²) in [6.07, 6.45) is 2.67. The Morgan fingerprint density at radius 2 is 1.94 bits per heavy atom. The fraction of sp³-hybridized carbons (Fsp3) is 0.458. The lowest BCUT2D eigenvalue weighted by Gasteiger charge is -2.20. The van der Waals surface area contributed by atoms with Gasteiger partial charge in [-0.2, -0.15) is 0 Å². The van der Waals surface area contributed by atoms with Crippen molar-refractivity contribution in [3.05, 3.63) is 31.9 Å². The molecule has 1 aromatic carbocycles. The fourth-order valence-electron chi connectivity index (χ4n) is 4.77. The number of thiophene rings is 1. The van der Waals surface area contributed by atoms with Crippen molar-refractivity contribution in [2.45, 2.75) is 43.7 Å². The van der Waals surface area contributed by atoms with Crippen molar-refractivity contribution in [1.29, 1.82) is 0 Å². The van der Waals surface area contributed by atoms with Crippen molar-refractivity contribution in [3.8, 4) is 28.6 Å². The van der Waals surface area contributed by atoms with Crippen LogP contribution < -0.4 is 19.8 Å². The summed E-state index contributed by atoms with van der Waals surface area (Å²) >= 11 is 14.2. The van der Waals surface area contributed by atoms with E-state index in [1.165, 1.54) is 32.7 Å². The van der Waals surface area contributed by atoms with E-state index in [9.17, 15) is 9.59 Å². The van der Waals surface area contributed by atoms with Crippen LogP contribution in [0.1, 0.15) is 34.5 Å². The first-order valence-electron chi connectivity index (χ1n) is 11.2. The molecule has 1 aliphatic heterocycles. The molecule has 2 aliphatic rings. The van der Waals surface area contributed by atoms with Crippen molar-refractivity contribution >= 4 is 50.5 Å². The minimum Gasteiger partial charge on any atom is -0.493 e. The highest BCUT2D eigenvalue weighted by molar-refractivity contribution is 7.20. The largest absolute Gasteiger partial charge is 0.493 e. The van der Waals surface area contributed by atoms with Gasteiger partial charge in [-0.05, 0) is 37.3 Å². The summed E-state index contributed by atoms with van der Waals surface area (Å²) in [6, 6.07) is 1.68. The van der Waals surface area contributed by atoms with Crippen molar-refractivity contribution in [1.82, 2.24) is 9.55 Å². The molecule has 2 atom stereocenters. The number of Topliss-reactive ketones (excluding diaryl/α,β-unsaturated/α-hetero) is 1. The van der Waals surface area contributed by atoms with Crippen molar-refractivity contribution in [2.75, 3.05) is 27.9 Å². The zero-order valence-corrected chi connectivity index (χ0v) is 21.8. The monoisotopic (exact) mass is 538 g/mol. The number of hydrogen-bond acceptors (Lipinski definition) is 8. The molecule has 0 amide bonds. The van der Waals surface area contributed by atoms with Gasteiger partial charge in [0.1, 0.15) is 10.7 Å². The quantitative estimate of drug-likeness (QED) is 0.419. The van der Waals surface area contributed by atoms with Crippen LogP contribution in [0.4, 0.5) is 0 Å². The third-order valence-electron chi connectivity index (χ3n) is 6.49. The number of aromatic nitrogens is 2. The molecule has 3 heterocycles. The summed E-state index contributed by atoms with van der Waals surface area (Å²) in [5.41, 5.74) is 0.947. The van der Waals surface area contributed by atoms with Gasteiger partial charge in [-0.15, -0.1) is 22.9 Å². The molecule has 1 fully saturated rings. The van der Waals surface area contributed by atoms with E-state index in [0.717, 1.165) is 18.4 Å². The molecule has 0 bridgehead atoms. The Labute approximate surface area is 215 Å². The van der Waals surface area contributed by atoms with Crippen LogP contribution in [0, 0.1) is 0 Å². The second-order valence-corrected chi connectivity index (χ2v) is 10.4. The van der Waals surface area contributed by atoms with Crippen LogP contribution in [-0.2, 0) is 17.7 Å². The molecular weight excluding hydrogens is 515 g/mol. The second kappa shape index (κ2) is 9.61. The van der Waals surface area contributed by atoms with Gasteiger partial charge >= 0.3 is 0 Å². The molecule has 186 valence electrons. The summed E-state index contributed by atoms with van der Waals surface area (Å²) in [5.74, 6) is 1.17. The molecule has 2 unspecified atom stereocenters. The Balaban J connectivity index is 1.81. The Bertz CT molecular complexity index is 1380. The van der Waals surface area contributed by atoms with E-state index in [1.807, 2.05) is 0 Å². The SMILES string of the molecule is COc1cc(-c2nc3sc4c(c3c(=O)n2CC2CCCO2)CCC(Cl)C4=O)c(Cl)c(OC)c1OC. The predicted molar refractivity (Wildman–Crippen MR) is 135 cm³/mol. The molecule has 0 saturated carbocycles. The number of alkyl halides is 1. The minimum atomic E-state index is -0.589. The number of ether oxygens (including phenoxy) is 4. The zero-order valence-electron chi connectivity index (χ0n) is 19.5. The maximum absolute atomic E-state index is 14.0. The summed E-state index contributed by atoms with van der Waals surface area (Å²) in [4.78, 5) is 32.6. The van der Waals surface area contributed by atoms with Crippen LogP contribution in [0.15, 0.2) is 10.9 Å².